The molecule has 1 rings (SSSR count). The zero-order chi connectivity index (χ0) is 14.1. The summed E-state index contributed by atoms with van der Waals surface area (Å²) >= 11 is 0. The van der Waals surface area contributed by atoms with Crippen LogP contribution in [0.4, 0.5) is 0 Å². The van der Waals surface area contributed by atoms with Crippen LogP contribution in [0.15, 0.2) is 29.2 Å². The van der Waals surface area contributed by atoms with Gasteiger partial charge in [-0.1, -0.05) is 31.9 Å². The highest BCUT2D eigenvalue weighted by Gasteiger charge is 2.12. The number of sulfonamides is 1. The first kappa shape index (κ1) is 16.1. The number of nitrogens with two attached hydrogens (primary N) is 1. The molecule has 0 saturated carbocycles. The molecule has 3 N–H and O–H groups in total. The smallest absolute Gasteiger partial charge is 0.240 e. The van der Waals surface area contributed by atoms with E-state index in [1.807, 2.05) is 12.1 Å². The van der Waals surface area contributed by atoms with Gasteiger partial charge in [-0.05, 0) is 43.5 Å². The van der Waals surface area contributed by atoms with Crippen molar-refractivity contribution in [3.05, 3.63) is 29.8 Å². The van der Waals surface area contributed by atoms with Gasteiger partial charge in [0.2, 0.25) is 10.0 Å². The Balaban J connectivity index is 2.52. The Morgan fingerprint density at radius 1 is 1.11 bits per heavy atom. The van der Waals surface area contributed by atoms with Crippen LogP contribution in [-0.4, -0.2) is 21.5 Å². The van der Waals surface area contributed by atoms with Crippen LogP contribution in [0.3, 0.4) is 0 Å². The summed E-state index contributed by atoms with van der Waals surface area (Å²) < 4.78 is 26.6. The van der Waals surface area contributed by atoms with Crippen molar-refractivity contribution in [3.8, 4) is 0 Å². The molecule has 0 aliphatic heterocycles. The third-order valence-electron chi connectivity index (χ3n) is 2.95. The second-order valence-corrected chi connectivity index (χ2v) is 6.41. The van der Waals surface area contributed by atoms with Crippen molar-refractivity contribution in [2.24, 2.45) is 5.73 Å². The highest BCUT2D eigenvalue weighted by molar-refractivity contribution is 7.89. The molecule has 0 amide bonds. The Morgan fingerprint density at radius 2 is 1.79 bits per heavy atom. The lowest BCUT2D eigenvalue weighted by Crippen LogP contribution is -2.24. The highest BCUT2D eigenvalue weighted by atomic mass is 32.2. The van der Waals surface area contributed by atoms with Crippen molar-refractivity contribution in [2.75, 3.05) is 13.1 Å². The molecule has 0 atom stereocenters. The lowest BCUT2D eigenvalue weighted by atomic mass is 10.1. The molecule has 1 aromatic carbocycles. The normalized spacial score (nSPS) is 11.7. The van der Waals surface area contributed by atoms with E-state index in [0.29, 0.717) is 18.0 Å². The van der Waals surface area contributed by atoms with E-state index in [9.17, 15) is 8.42 Å². The standard InChI is InChI=1S/C14H24N2O2S/c1-2-6-13-7-9-14(10-8-13)19(17,18)16-12-5-3-4-11-15/h7-10,16H,2-6,11-12,15H2,1H3. The number of rotatable bonds is 9. The summed E-state index contributed by atoms with van der Waals surface area (Å²) in [5.41, 5.74) is 6.56. The lowest BCUT2D eigenvalue weighted by Gasteiger charge is -2.07. The van der Waals surface area contributed by atoms with Crippen molar-refractivity contribution < 1.29 is 8.42 Å². The topological polar surface area (TPSA) is 72.2 Å². The first-order valence-corrected chi connectivity index (χ1v) is 8.37. The minimum Gasteiger partial charge on any atom is -0.330 e. The van der Waals surface area contributed by atoms with Gasteiger partial charge in [0.25, 0.3) is 0 Å². The lowest BCUT2D eigenvalue weighted by molar-refractivity contribution is 0.575. The molecular weight excluding hydrogens is 260 g/mol. The quantitative estimate of drug-likeness (QED) is 0.682. The fourth-order valence-electron chi connectivity index (χ4n) is 1.86. The summed E-state index contributed by atoms with van der Waals surface area (Å²) in [4.78, 5) is 0.339. The third kappa shape index (κ3) is 5.72. The second kappa shape index (κ2) is 8.30. The van der Waals surface area contributed by atoms with E-state index in [0.717, 1.165) is 32.1 Å². The van der Waals surface area contributed by atoms with Crippen molar-refractivity contribution in [1.29, 1.82) is 0 Å². The maximum absolute atomic E-state index is 12.0. The molecule has 1 aromatic rings. The largest absolute Gasteiger partial charge is 0.330 e. The zero-order valence-corrected chi connectivity index (χ0v) is 12.4. The molecule has 0 radical (unpaired) electrons. The van der Waals surface area contributed by atoms with E-state index >= 15 is 0 Å². The first-order valence-electron chi connectivity index (χ1n) is 6.89. The van der Waals surface area contributed by atoms with Gasteiger partial charge < -0.3 is 5.73 Å². The molecule has 0 aromatic heterocycles. The molecule has 19 heavy (non-hydrogen) atoms. The van der Waals surface area contributed by atoms with Crippen LogP contribution in [0.1, 0.15) is 38.2 Å². The minimum absolute atomic E-state index is 0.339. The molecule has 0 aliphatic carbocycles. The van der Waals surface area contributed by atoms with Crippen LogP contribution in [0.2, 0.25) is 0 Å². The van der Waals surface area contributed by atoms with Gasteiger partial charge in [-0.15, -0.1) is 0 Å². The van der Waals surface area contributed by atoms with Gasteiger partial charge in [-0.25, -0.2) is 13.1 Å². The van der Waals surface area contributed by atoms with Crippen LogP contribution in [0, 0.1) is 0 Å². The average molecular weight is 284 g/mol. The number of hydrogen-bond acceptors (Lipinski definition) is 3. The van der Waals surface area contributed by atoms with Crippen LogP contribution < -0.4 is 10.5 Å². The summed E-state index contributed by atoms with van der Waals surface area (Å²) in [6, 6.07) is 7.11. The van der Waals surface area contributed by atoms with Gasteiger partial charge in [-0.2, -0.15) is 0 Å². The van der Waals surface area contributed by atoms with E-state index in [1.54, 1.807) is 12.1 Å². The fourth-order valence-corrected chi connectivity index (χ4v) is 2.93. The predicted molar refractivity (Wildman–Crippen MR) is 78.5 cm³/mol. The van der Waals surface area contributed by atoms with Crippen LogP contribution in [-0.2, 0) is 16.4 Å². The fraction of sp³-hybridized carbons (Fsp3) is 0.571. The van der Waals surface area contributed by atoms with Crippen molar-refractivity contribution >= 4 is 10.0 Å². The molecule has 0 aliphatic rings. The number of hydrogen-bond donors (Lipinski definition) is 2. The van der Waals surface area contributed by atoms with E-state index in [1.165, 1.54) is 5.56 Å². The van der Waals surface area contributed by atoms with E-state index in [2.05, 4.69) is 11.6 Å². The maximum atomic E-state index is 12.0. The van der Waals surface area contributed by atoms with Gasteiger partial charge in [0.1, 0.15) is 0 Å². The number of benzene rings is 1. The molecule has 0 saturated heterocycles. The van der Waals surface area contributed by atoms with Crippen molar-refractivity contribution in [2.45, 2.75) is 43.9 Å². The Hall–Kier alpha value is -0.910. The van der Waals surface area contributed by atoms with E-state index < -0.39 is 10.0 Å². The van der Waals surface area contributed by atoms with E-state index in [4.69, 9.17) is 5.73 Å². The van der Waals surface area contributed by atoms with Gasteiger partial charge in [0.05, 0.1) is 4.90 Å². The van der Waals surface area contributed by atoms with Crippen molar-refractivity contribution in [3.63, 3.8) is 0 Å². The Kier molecular flexibility index (Phi) is 7.05. The molecule has 0 spiro atoms. The number of unbranched alkanes of at least 4 members (excludes halogenated alkanes) is 2. The predicted octanol–water partition coefficient (Wildman–Crippen LogP) is 2.05. The summed E-state index contributed by atoms with van der Waals surface area (Å²) in [5, 5.41) is 0. The highest BCUT2D eigenvalue weighted by Crippen LogP contribution is 2.11. The molecular formula is C14H24N2O2S. The van der Waals surface area contributed by atoms with Crippen LogP contribution >= 0.6 is 0 Å². The van der Waals surface area contributed by atoms with Crippen LogP contribution in [0.5, 0.6) is 0 Å². The van der Waals surface area contributed by atoms with Gasteiger partial charge in [0, 0.05) is 6.54 Å². The van der Waals surface area contributed by atoms with Gasteiger partial charge in [0.15, 0.2) is 0 Å². The van der Waals surface area contributed by atoms with Crippen LogP contribution in [0.25, 0.3) is 0 Å². The molecule has 0 bridgehead atoms. The first-order chi connectivity index (χ1) is 9.10. The Labute approximate surface area is 116 Å². The van der Waals surface area contributed by atoms with Gasteiger partial charge in [-0.3, -0.25) is 0 Å². The number of aryl methyl sites for hydroxylation is 1. The monoisotopic (exact) mass is 284 g/mol. The third-order valence-corrected chi connectivity index (χ3v) is 4.42. The molecule has 108 valence electrons. The SMILES string of the molecule is CCCc1ccc(S(=O)(=O)NCCCCCN)cc1. The summed E-state index contributed by atoms with van der Waals surface area (Å²) in [5.74, 6) is 0. The number of nitrogens with one attached hydrogen (secondary N) is 1. The Bertz CT molecular complexity index is 455. The van der Waals surface area contributed by atoms with E-state index in [-0.39, 0.29) is 0 Å². The maximum Gasteiger partial charge on any atom is 0.240 e. The minimum atomic E-state index is -3.36. The second-order valence-electron chi connectivity index (χ2n) is 4.64. The summed E-state index contributed by atoms with van der Waals surface area (Å²) in [6.07, 6.45) is 4.75. The molecule has 0 unspecified atom stereocenters. The van der Waals surface area contributed by atoms with Gasteiger partial charge >= 0.3 is 0 Å². The molecule has 0 heterocycles. The molecule has 5 heteroatoms. The summed E-state index contributed by atoms with van der Waals surface area (Å²) in [6.45, 7) is 3.23. The van der Waals surface area contributed by atoms with Crippen molar-refractivity contribution in [1.82, 2.24) is 4.72 Å². The zero-order valence-electron chi connectivity index (χ0n) is 11.6. The summed E-state index contributed by atoms with van der Waals surface area (Å²) in [7, 11) is -3.36. The molecule has 4 nitrogen and oxygen atoms in total. The molecule has 0 fully saturated rings. The average Bonchev–Trinajstić information content (AvgIpc) is 2.39. The Morgan fingerprint density at radius 3 is 2.37 bits per heavy atom.